The van der Waals surface area contributed by atoms with Gasteiger partial charge in [0.15, 0.2) is 0 Å². The number of amides is 1. The lowest BCUT2D eigenvalue weighted by molar-refractivity contribution is 0.0905. The third-order valence-corrected chi connectivity index (χ3v) is 3.30. The topological polar surface area (TPSA) is 38.3 Å². The number of carbonyl (C=O) groups excluding carboxylic acids is 1. The van der Waals surface area contributed by atoms with Gasteiger partial charge in [0.05, 0.1) is 6.61 Å². The smallest absolute Gasteiger partial charge is 0.251 e. The number of rotatable bonds is 5. The molecule has 3 nitrogen and oxygen atoms in total. The lowest BCUT2D eigenvalue weighted by atomic mass is 10.0. The zero-order valence-electron chi connectivity index (χ0n) is 12.7. The molecule has 0 aliphatic heterocycles. The van der Waals surface area contributed by atoms with Gasteiger partial charge in [-0.2, -0.15) is 0 Å². The van der Waals surface area contributed by atoms with E-state index in [0.717, 1.165) is 11.1 Å². The molecule has 0 saturated heterocycles. The van der Waals surface area contributed by atoms with E-state index >= 15 is 0 Å². The molecule has 0 aliphatic carbocycles. The molecule has 2 rings (SSSR count). The molecule has 0 unspecified atom stereocenters. The molecule has 2 aromatic carbocycles. The molecule has 1 atom stereocenters. The van der Waals surface area contributed by atoms with Crippen LogP contribution in [0.5, 0.6) is 0 Å². The Hall–Kier alpha value is -2.13. The summed E-state index contributed by atoms with van der Waals surface area (Å²) in [4.78, 5) is 12.2. The van der Waals surface area contributed by atoms with E-state index in [1.807, 2.05) is 31.2 Å². The quantitative estimate of drug-likeness (QED) is 0.913. The Balaban J connectivity index is 2.17. The summed E-state index contributed by atoms with van der Waals surface area (Å²) in [7, 11) is 1.63. The summed E-state index contributed by atoms with van der Waals surface area (Å²) in [5.41, 5.74) is 4.04. The summed E-state index contributed by atoms with van der Waals surface area (Å²) < 4.78 is 5.03. The normalized spacial score (nSPS) is 12.0. The molecule has 0 saturated carbocycles. The molecule has 0 fully saturated rings. The van der Waals surface area contributed by atoms with Crippen molar-refractivity contribution < 1.29 is 9.53 Å². The second-order valence-electron chi connectivity index (χ2n) is 5.28. The molecule has 0 spiro atoms. The van der Waals surface area contributed by atoms with Crippen LogP contribution in [0.25, 0.3) is 11.1 Å². The first-order valence-electron chi connectivity index (χ1n) is 7.07. The highest BCUT2D eigenvalue weighted by molar-refractivity contribution is 5.95. The number of carbonyl (C=O) groups is 1. The van der Waals surface area contributed by atoms with Crippen molar-refractivity contribution in [3.8, 4) is 11.1 Å². The predicted molar refractivity (Wildman–Crippen MR) is 85.4 cm³/mol. The number of ether oxygens (including phenoxy) is 1. The number of nitrogens with one attached hydrogen (secondary N) is 1. The summed E-state index contributed by atoms with van der Waals surface area (Å²) >= 11 is 0. The highest BCUT2D eigenvalue weighted by atomic mass is 16.5. The first-order valence-corrected chi connectivity index (χ1v) is 7.07. The van der Waals surface area contributed by atoms with Gasteiger partial charge in [-0.1, -0.05) is 42.0 Å². The molecular weight excluding hydrogens is 262 g/mol. The van der Waals surface area contributed by atoms with E-state index in [9.17, 15) is 4.79 Å². The van der Waals surface area contributed by atoms with E-state index in [1.165, 1.54) is 5.56 Å². The van der Waals surface area contributed by atoms with Crippen LogP contribution in [0.4, 0.5) is 0 Å². The lowest BCUT2D eigenvalue weighted by Crippen LogP contribution is -2.35. The highest BCUT2D eigenvalue weighted by Gasteiger charge is 2.10. The van der Waals surface area contributed by atoms with Crippen molar-refractivity contribution in [1.82, 2.24) is 5.32 Å². The van der Waals surface area contributed by atoms with Gasteiger partial charge >= 0.3 is 0 Å². The highest BCUT2D eigenvalue weighted by Crippen LogP contribution is 2.21. The number of benzene rings is 2. The molecule has 21 heavy (non-hydrogen) atoms. The van der Waals surface area contributed by atoms with Crippen LogP contribution in [0.3, 0.4) is 0 Å². The zero-order valence-corrected chi connectivity index (χ0v) is 12.7. The van der Waals surface area contributed by atoms with Crippen LogP contribution < -0.4 is 5.32 Å². The van der Waals surface area contributed by atoms with Gasteiger partial charge in [0, 0.05) is 18.7 Å². The van der Waals surface area contributed by atoms with Crippen LogP contribution >= 0.6 is 0 Å². The Morgan fingerprint density at radius 1 is 1.14 bits per heavy atom. The standard InChI is InChI=1S/C18H21NO2/c1-13-7-9-15(10-8-13)16-5-4-6-17(11-16)18(20)19-14(2)12-21-3/h4-11,14H,12H2,1-3H3,(H,19,20)/t14-/m1/s1. The van der Waals surface area contributed by atoms with Crippen LogP contribution in [-0.4, -0.2) is 25.7 Å². The predicted octanol–water partition coefficient (Wildman–Crippen LogP) is 3.43. The molecular formula is C18H21NO2. The summed E-state index contributed by atoms with van der Waals surface area (Å²) in [5, 5.41) is 2.92. The Labute approximate surface area is 126 Å². The van der Waals surface area contributed by atoms with E-state index in [1.54, 1.807) is 7.11 Å². The fourth-order valence-electron chi connectivity index (χ4n) is 2.18. The van der Waals surface area contributed by atoms with Crippen molar-refractivity contribution >= 4 is 5.91 Å². The first kappa shape index (κ1) is 15.3. The minimum absolute atomic E-state index is 0.00877. The molecule has 1 N–H and O–H groups in total. The van der Waals surface area contributed by atoms with Gasteiger partial charge in [-0.05, 0) is 37.1 Å². The minimum atomic E-state index is -0.0755. The first-order chi connectivity index (χ1) is 10.1. The monoisotopic (exact) mass is 283 g/mol. The third-order valence-electron chi connectivity index (χ3n) is 3.30. The minimum Gasteiger partial charge on any atom is -0.383 e. The Morgan fingerprint density at radius 3 is 2.52 bits per heavy atom. The van der Waals surface area contributed by atoms with Crippen molar-refractivity contribution in [2.45, 2.75) is 19.9 Å². The second-order valence-corrected chi connectivity index (χ2v) is 5.28. The average molecular weight is 283 g/mol. The summed E-state index contributed by atoms with van der Waals surface area (Å²) in [6.45, 7) is 4.49. The fourth-order valence-corrected chi connectivity index (χ4v) is 2.18. The number of methoxy groups -OCH3 is 1. The molecule has 3 heteroatoms. The maximum Gasteiger partial charge on any atom is 0.251 e. The third kappa shape index (κ3) is 4.17. The molecule has 0 radical (unpaired) electrons. The Bertz CT molecular complexity index is 605. The number of hydrogen-bond acceptors (Lipinski definition) is 2. The summed E-state index contributed by atoms with van der Waals surface area (Å²) in [5.74, 6) is -0.0755. The van der Waals surface area contributed by atoms with Crippen LogP contribution in [0.2, 0.25) is 0 Å². The van der Waals surface area contributed by atoms with Crippen LogP contribution in [0.15, 0.2) is 48.5 Å². The maximum atomic E-state index is 12.2. The maximum absolute atomic E-state index is 12.2. The van der Waals surface area contributed by atoms with Gasteiger partial charge < -0.3 is 10.1 Å². The average Bonchev–Trinajstić information content (AvgIpc) is 2.48. The van der Waals surface area contributed by atoms with Crippen molar-refractivity contribution in [3.05, 3.63) is 59.7 Å². The second kappa shape index (κ2) is 7.04. The number of hydrogen-bond donors (Lipinski definition) is 1. The molecule has 0 aromatic heterocycles. The van der Waals surface area contributed by atoms with Gasteiger partial charge in [0.25, 0.3) is 5.91 Å². The molecule has 110 valence electrons. The molecule has 1 amide bonds. The SMILES string of the molecule is COC[C@@H](C)NC(=O)c1cccc(-c2ccc(C)cc2)c1. The van der Waals surface area contributed by atoms with Crippen LogP contribution in [-0.2, 0) is 4.74 Å². The lowest BCUT2D eigenvalue weighted by Gasteiger charge is -2.13. The summed E-state index contributed by atoms with van der Waals surface area (Å²) in [6, 6.07) is 15.9. The Kier molecular flexibility index (Phi) is 5.12. The van der Waals surface area contributed by atoms with Crippen molar-refractivity contribution in [1.29, 1.82) is 0 Å². The fraction of sp³-hybridized carbons (Fsp3) is 0.278. The molecule has 0 heterocycles. The van der Waals surface area contributed by atoms with Gasteiger partial charge in [-0.15, -0.1) is 0 Å². The van der Waals surface area contributed by atoms with E-state index in [2.05, 4.69) is 36.5 Å². The van der Waals surface area contributed by atoms with E-state index in [4.69, 9.17) is 4.74 Å². The van der Waals surface area contributed by atoms with Crippen molar-refractivity contribution in [3.63, 3.8) is 0 Å². The van der Waals surface area contributed by atoms with E-state index in [-0.39, 0.29) is 11.9 Å². The van der Waals surface area contributed by atoms with Gasteiger partial charge in [-0.3, -0.25) is 4.79 Å². The van der Waals surface area contributed by atoms with E-state index < -0.39 is 0 Å². The zero-order chi connectivity index (χ0) is 15.2. The van der Waals surface area contributed by atoms with Gasteiger partial charge in [0.1, 0.15) is 0 Å². The van der Waals surface area contributed by atoms with Crippen LogP contribution in [0.1, 0.15) is 22.8 Å². The van der Waals surface area contributed by atoms with Crippen molar-refractivity contribution in [2.24, 2.45) is 0 Å². The molecule has 0 aliphatic rings. The molecule has 2 aromatic rings. The number of aryl methyl sites for hydroxylation is 1. The van der Waals surface area contributed by atoms with E-state index in [0.29, 0.717) is 12.2 Å². The van der Waals surface area contributed by atoms with Gasteiger partial charge in [0.2, 0.25) is 0 Å². The van der Waals surface area contributed by atoms with Crippen LogP contribution in [0, 0.1) is 6.92 Å². The van der Waals surface area contributed by atoms with Crippen molar-refractivity contribution in [2.75, 3.05) is 13.7 Å². The molecule has 0 bridgehead atoms. The summed E-state index contributed by atoms with van der Waals surface area (Å²) in [6.07, 6.45) is 0. The Morgan fingerprint density at radius 2 is 1.86 bits per heavy atom. The van der Waals surface area contributed by atoms with Gasteiger partial charge in [-0.25, -0.2) is 0 Å². The largest absolute Gasteiger partial charge is 0.383 e.